The summed E-state index contributed by atoms with van der Waals surface area (Å²) in [5.41, 5.74) is 4.94. The van der Waals surface area contributed by atoms with Gasteiger partial charge < -0.3 is 4.90 Å². The number of piperazine rings is 1. The molecule has 2 fully saturated rings. The van der Waals surface area contributed by atoms with Crippen LogP contribution in [0.4, 0.5) is 0 Å². The van der Waals surface area contributed by atoms with Crippen molar-refractivity contribution in [1.29, 1.82) is 0 Å². The molecule has 3 nitrogen and oxygen atoms in total. The number of fused-ring (bicyclic) bond motifs is 5. The third kappa shape index (κ3) is 2.70. The molecule has 1 heterocycles. The SMILES string of the molecule is CN1CCN(CC2C(=O)c3ccccc3C3CC3c3ccccc32)CC1. The Bertz CT molecular complexity index is 838. The normalized spacial score (nSPS) is 28.5. The molecular weight excluding hydrogens is 320 g/mol. The van der Waals surface area contributed by atoms with Gasteiger partial charge in [0.05, 0.1) is 5.92 Å². The molecule has 0 radical (unpaired) electrons. The molecule has 1 saturated carbocycles. The van der Waals surface area contributed by atoms with Gasteiger partial charge in [0.15, 0.2) is 5.78 Å². The van der Waals surface area contributed by atoms with E-state index in [1.165, 1.54) is 23.1 Å². The number of nitrogens with zero attached hydrogens (tertiary/aromatic N) is 2. The van der Waals surface area contributed by atoms with E-state index in [2.05, 4.69) is 59.3 Å². The fraction of sp³-hybridized carbons (Fsp3) is 0.435. The molecule has 2 aliphatic carbocycles. The average molecular weight is 346 g/mol. The first-order chi connectivity index (χ1) is 12.7. The van der Waals surface area contributed by atoms with E-state index < -0.39 is 0 Å². The van der Waals surface area contributed by atoms with E-state index >= 15 is 0 Å². The number of carbonyl (C=O) groups is 1. The summed E-state index contributed by atoms with van der Waals surface area (Å²) in [6.45, 7) is 5.12. The van der Waals surface area contributed by atoms with Crippen molar-refractivity contribution >= 4 is 5.78 Å². The standard InChI is InChI=1S/C23H26N2O/c1-24-10-12-25(13-11-24)15-22-17-7-3-2-6-16(17)20-14-21(20)18-8-4-5-9-19(18)23(22)26/h2-9,20-22H,10-15H2,1H3. The summed E-state index contributed by atoms with van der Waals surface area (Å²) in [6.07, 6.45) is 1.18. The van der Waals surface area contributed by atoms with Crippen LogP contribution in [-0.4, -0.2) is 55.4 Å². The van der Waals surface area contributed by atoms with Gasteiger partial charge in [-0.1, -0.05) is 48.5 Å². The third-order valence-electron chi connectivity index (χ3n) is 6.54. The van der Waals surface area contributed by atoms with E-state index in [4.69, 9.17) is 0 Å². The number of benzene rings is 2. The Labute approximate surface area is 155 Å². The first-order valence-electron chi connectivity index (χ1n) is 9.85. The zero-order valence-corrected chi connectivity index (χ0v) is 15.4. The van der Waals surface area contributed by atoms with Crippen molar-refractivity contribution in [3.05, 3.63) is 70.8 Å². The maximum Gasteiger partial charge on any atom is 0.171 e. The van der Waals surface area contributed by atoms with Crippen molar-refractivity contribution in [2.75, 3.05) is 39.8 Å². The molecule has 134 valence electrons. The molecular formula is C23H26N2O. The van der Waals surface area contributed by atoms with Crippen LogP contribution in [0.3, 0.4) is 0 Å². The second-order valence-corrected chi connectivity index (χ2v) is 8.19. The second kappa shape index (κ2) is 6.33. The Balaban J connectivity index is 1.55. The van der Waals surface area contributed by atoms with Gasteiger partial charge in [-0.05, 0) is 42.0 Å². The van der Waals surface area contributed by atoms with Gasteiger partial charge in [0.2, 0.25) is 0 Å². The van der Waals surface area contributed by atoms with Gasteiger partial charge in [0.1, 0.15) is 0 Å². The van der Waals surface area contributed by atoms with Crippen molar-refractivity contribution in [2.45, 2.75) is 24.2 Å². The molecule has 5 rings (SSSR count). The first kappa shape index (κ1) is 16.2. The highest BCUT2D eigenvalue weighted by Gasteiger charge is 2.45. The smallest absolute Gasteiger partial charge is 0.171 e. The summed E-state index contributed by atoms with van der Waals surface area (Å²) in [5.74, 6) is 1.39. The number of hydrogen-bond donors (Lipinski definition) is 0. The van der Waals surface area contributed by atoms with Gasteiger partial charge in [-0.3, -0.25) is 9.69 Å². The summed E-state index contributed by atoms with van der Waals surface area (Å²) in [6, 6.07) is 17.1. The Morgan fingerprint density at radius 2 is 1.46 bits per heavy atom. The lowest BCUT2D eigenvalue weighted by molar-refractivity contribution is 0.0901. The largest absolute Gasteiger partial charge is 0.304 e. The van der Waals surface area contributed by atoms with Gasteiger partial charge in [-0.15, -0.1) is 0 Å². The molecule has 2 aromatic carbocycles. The quantitative estimate of drug-likeness (QED) is 0.832. The van der Waals surface area contributed by atoms with Crippen molar-refractivity contribution in [2.24, 2.45) is 0 Å². The second-order valence-electron chi connectivity index (χ2n) is 8.19. The number of hydrogen-bond acceptors (Lipinski definition) is 3. The number of likely N-dealkylation sites (N-methyl/N-ethyl adjacent to an activating group) is 1. The fourth-order valence-electron chi connectivity index (χ4n) is 4.89. The fourth-order valence-corrected chi connectivity index (χ4v) is 4.89. The van der Waals surface area contributed by atoms with E-state index in [0.717, 1.165) is 38.3 Å². The highest BCUT2D eigenvalue weighted by Crippen LogP contribution is 2.58. The van der Waals surface area contributed by atoms with E-state index in [9.17, 15) is 4.79 Å². The van der Waals surface area contributed by atoms with Crippen LogP contribution in [0.1, 0.15) is 51.2 Å². The number of rotatable bonds is 2. The van der Waals surface area contributed by atoms with Crippen LogP contribution in [0.5, 0.6) is 0 Å². The molecule has 1 aliphatic heterocycles. The van der Waals surface area contributed by atoms with E-state index in [0.29, 0.717) is 17.6 Å². The highest BCUT2D eigenvalue weighted by atomic mass is 16.1. The molecule has 3 aliphatic rings. The summed E-state index contributed by atoms with van der Waals surface area (Å²) < 4.78 is 0. The number of Topliss-reactive ketones (excluding diaryl/α,β-unsaturated/α-hetero) is 1. The number of carbonyl (C=O) groups excluding carboxylic acids is 1. The van der Waals surface area contributed by atoms with Crippen molar-refractivity contribution in [3.63, 3.8) is 0 Å². The molecule has 0 bridgehead atoms. The lowest BCUT2D eigenvalue weighted by Crippen LogP contribution is -2.46. The lowest BCUT2D eigenvalue weighted by atomic mass is 9.81. The molecule has 2 aromatic rings. The molecule has 0 spiro atoms. The van der Waals surface area contributed by atoms with E-state index in [1.54, 1.807) is 0 Å². The molecule has 26 heavy (non-hydrogen) atoms. The number of ketones is 1. The van der Waals surface area contributed by atoms with Crippen LogP contribution in [0, 0.1) is 0 Å². The summed E-state index contributed by atoms with van der Waals surface area (Å²) in [4.78, 5) is 18.5. The van der Waals surface area contributed by atoms with Gasteiger partial charge in [-0.25, -0.2) is 0 Å². The van der Waals surface area contributed by atoms with Crippen LogP contribution in [0.25, 0.3) is 0 Å². The molecule has 3 atom stereocenters. The summed E-state index contributed by atoms with van der Waals surface area (Å²) in [7, 11) is 2.18. The van der Waals surface area contributed by atoms with Crippen LogP contribution >= 0.6 is 0 Å². The topological polar surface area (TPSA) is 23.6 Å². The van der Waals surface area contributed by atoms with Crippen molar-refractivity contribution < 1.29 is 4.79 Å². The minimum absolute atomic E-state index is 0.0442. The van der Waals surface area contributed by atoms with Crippen LogP contribution in [-0.2, 0) is 0 Å². The van der Waals surface area contributed by atoms with Gasteiger partial charge in [0.25, 0.3) is 0 Å². The van der Waals surface area contributed by atoms with E-state index in [-0.39, 0.29) is 5.92 Å². The summed E-state index contributed by atoms with van der Waals surface area (Å²) >= 11 is 0. The van der Waals surface area contributed by atoms with E-state index in [1.807, 2.05) is 6.07 Å². The summed E-state index contributed by atoms with van der Waals surface area (Å²) in [5, 5.41) is 0. The molecule has 0 N–H and O–H groups in total. The van der Waals surface area contributed by atoms with Crippen molar-refractivity contribution in [3.8, 4) is 0 Å². The Hall–Kier alpha value is -1.97. The molecule has 3 heteroatoms. The zero-order chi connectivity index (χ0) is 17.7. The predicted octanol–water partition coefficient (Wildman–Crippen LogP) is 3.49. The Kier molecular flexibility index (Phi) is 3.95. The van der Waals surface area contributed by atoms with Crippen LogP contribution < -0.4 is 0 Å². The first-order valence-corrected chi connectivity index (χ1v) is 9.85. The molecule has 0 aromatic heterocycles. The maximum atomic E-state index is 13.6. The highest BCUT2D eigenvalue weighted by molar-refractivity contribution is 6.03. The molecule has 1 saturated heterocycles. The molecule has 0 amide bonds. The van der Waals surface area contributed by atoms with Crippen LogP contribution in [0.15, 0.2) is 48.5 Å². The average Bonchev–Trinajstić information content (AvgIpc) is 3.47. The Morgan fingerprint density at radius 1 is 0.846 bits per heavy atom. The van der Waals surface area contributed by atoms with Crippen LogP contribution in [0.2, 0.25) is 0 Å². The minimum Gasteiger partial charge on any atom is -0.304 e. The zero-order valence-electron chi connectivity index (χ0n) is 15.4. The third-order valence-corrected chi connectivity index (χ3v) is 6.54. The van der Waals surface area contributed by atoms with Crippen molar-refractivity contribution in [1.82, 2.24) is 9.80 Å². The van der Waals surface area contributed by atoms with Gasteiger partial charge >= 0.3 is 0 Å². The lowest BCUT2D eigenvalue weighted by Gasteiger charge is -2.35. The Morgan fingerprint density at radius 3 is 2.23 bits per heavy atom. The van der Waals surface area contributed by atoms with Gasteiger partial charge in [-0.2, -0.15) is 0 Å². The monoisotopic (exact) mass is 346 g/mol. The maximum absolute atomic E-state index is 13.6. The predicted molar refractivity (Wildman–Crippen MR) is 104 cm³/mol. The van der Waals surface area contributed by atoms with Gasteiger partial charge in [0, 0.05) is 38.3 Å². The minimum atomic E-state index is -0.0442. The molecule has 3 unspecified atom stereocenters.